The first kappa shape index (κ1) is 11.0. The molecular weight excluding hydrogens is 114 g/mol. The highest BCUT2D eigenvalue weighted by Crippen LogP contribution is 1.62. The number of aliphatic imine (C=N–C) groups is 1. The fourth-order valence-electron chi connectivity index (χ4n) is 0.152. The molecule has 9 heavy (non-hydrogen) atoms. The van der Waals surface area contributed by atoms with E-state index in [9.17, 15) is 0 Å². The number of hydrogen-bond acceptors (Lipinski definition) is 2. The number of hydrazine groups is 1. The van der Waals surface area contributed by atoms with Crippen molar-refractivity contribution in [2.45, 2.75) is 13.8 Å². The smallest absolute Gasteiger partial charge is 0.104 e. The third kappa shape index (κ3) is 19.1. The fraction of sp³-hybridized carbons (Fsp3) is 0.500. The van der Waals surface area contributed by atoms with Crippen LogP contribution in [0.4, 0.5) is 0 Å². The lowest BCUT2D eigenvalue weighted by Crippen LogP contribution is -2.23. The van der Waals surface area contributed by atoms with Gasteiger partial charge in [-0.05, 0) is 0 Å². The third-order valence-corrected chi connectivity index (χ3v) is 0.354. The molecule has 3 heteroatoms. The average molecular weight is 129 g/mol. The normalized spacial score (nSPS) is 8.00. The van der Waals surface area contributed by atoms with E-state index in [1.54, 1.807) is 7.05 Å². The maximum absolute atomic E-state index is 5.11. The Labute approximate surface area is 56.8 Å². The van der Waals surface area contributed by atoms with Gasteiger partial charge in [-0.25, -0.2) is 10.8 Å². The Bertz CT molecular complexity index is 76.4. The lowest BCUT2D eigenvalue weighted by Gasteiger charge is -1.98. The summed E-state index contributed by atoms with van der Waals surface area (Å²) in [7, 11) is 1.69. The molecule has 0 aromatic heterocycles. The second-order valence-electron chi connectivity index (χ2n) is 1.11. The van der Waals surface area contributed by atoms with Gasteiger partial charge in [-0.3, -0.25) is 0 Å². The lowest BCUT2D eigenvalue weighted by molar-refractivity contribution is 0.556. The zero-order chi connectivity index (χ0) is 7.70. The first-order chi connectivity index (χ1) is 4.27. The largest absolute Gasteiger partial charge is 0.304 e. The highest BCUT2D eigenvalue weighted by molar-refractivity contribution is 5.53. The summed E-state index contributed by atoms with van der Waals surface area (Å²) >= 11 is 0. The van der Waals surface area contributed by atoms with Gasteiger partial charge >= 0.3 is 0 Å². The first-order valence-corrected chi connectivity index (χ1v) is 2.89. The van der Waals surface area contributed by atoms with Crippen molar-refractivity contribution >= 4 is 6.34 Å². The van der Waals surface area contributed by atoms with E-state index >= 15 is 0 Å². The van der Waals surface area contributed by atoms with Crippen LogP contribution in [-0.2, 0) is 0 Å². The van der Waals surface area contributed by atoms with Gasteiger partial charge in [0.1, 0.15) is 6.34 Å². The molecule has 0 aromatic carbocycles. The summed E-state index contributed by atoms with van der Waals surface area (Å²) in [5.74, 6) is 5.11. The summed E-state index contributed by atoms with van der Waals surface area (Å²) in [4.78, 5) is 3.61. The molecule has 54 valence electrons. The summed E-state index contributed by atoms with van der Waals surface area (Å²) in [6.07, 6.45) is 2.89. The van der Waals surface area contributed by atoms with E-state index in [0.29, 0.717) is 0 Å². The van der Waals surface area contributed by atoms with Crippen LogP contribution in [0.5, 0.6) is 0 Å². The molecule has 0 fully saturated rings. The van der Waals surface area contributed by atoms with Crippen molar-refractivity contribution in [3.05, 3.63) is 12.8 Å². The first-order valence-electron chi connectivity index (χ1n) is 2.89. The monoisotopic (exact) mass is 129 g/mol. The number of nitrogens with two attached hydrogens (primary N) is 1. The fourth-order valence-corrected chi connectivity index (χ4v) is 0.152. The molecule has 0 aliphatic heterocycles. The molecule has 0 atom stereocenters. The summed E-state index contributed by atoms with van der Waals surface area (Å²) in [6.45, 7) is 7.35. The summed E-state index contributed by atoms with van der Waals surface area (Å²) in [6, 6.07) is 0. The second kappa shape index (κ2) is 10.2. The maximum atomic E-state index is 5.11. The van der Waals surface area contributed by atoms with Gasteiger partial charge in [-0.2, -0.15) is 0 Å². The third-order valence-electron chi connectivity index (χ3n) is 0.354. The highest BCUT2D eigenvalue weighted by atomic mass is 15.4. The Morgan fingerprint density at radius 2 is 2.00 bits per heavy atom. The van der Waals surface area contributed by atoms with Gasteiger partial charge in [0.15, 0.2) is 0 Å². The molecular formula is C6H15N3. The van der Waals surface area contributed by atoms with Crippen LogP contribution in [-0.4, -0.2) is 18.4 Å². The topological polar surface area (TPSA) is 41.6 Å². The molecule has 0 aliphatic carbocycles. The van der Waals surface area contributed by atoms with Crippen molar-refractivity contribution in [2.24, 2.45) is 10.8 Å². The van der Waals surface area contributed by atoms with E-state index < -0.39 is 0 Å². The van der Waals surface area contributed by atoms with Gasteiger partial charge < -0.3 is 5.01 Å². The summed E-state index contributed by atoms with van der Waals surface area (Å²) in [5.41, 5.74) is 0. The molecule has 0 saturated carbocycles. The number of nitrogens with zero attached hydrogens (tertiary/aromatic N) is 2. The van der Waals surface area contributed by atoms with Gasteiger partial charge in [0.05, 0.1) is 0 Å². The zero-order valence-corrected chi connectivity index (χ0v) is 6.33. The molecule has 0 bridgehead atoms. The van der Waals surface area contributed by atoms with Crippen LogP contribution in [0.15, 0.2) is 17.8 Å². The molecule has 2 N–H and O–H groups in total. The van der Waals surface area contributed by atoms with Crippen molar-refractivity contribution in [3.8, 4) is 0 Å². The summed E-state index contributed by atoms with van der Waals surface area (Å²) < 4.78 is 0. The standard InChI is InChI=1S/C4H9N3.C2H6/c1-3-6-4-7(2)5;1-2/h3-4H,1,5H2,2H3;1-2H3. The Balaban J connectivity index is 0. The van der Waals surface area contributed by atoms with Gasteiger partial charge in [-0.15, -0.1) is 0 Å². The average Bonchev–Trinajstić information content (AvgIpc) is 1.88. The van der Waals surface area contributed by atoms with Gasteiger partial charge in [-0.1, -0.05) is 20.4 Å². The Morgan fingerprint density at radius 1 is 1.56 bits per heavy atom. The van der Waals surface area contributed by atoms with E-state index in [2.05, 4.69) is 11.6 Å². The minimum absolute atomic E-state index is 1.35. The van der Waals surface area contributed by atoms with Crippen molar-refractivity contribution in [3.63, 3.8) is 0 Å². The van der Waals surface area contributed by atoms with Crippen molar-refractivity contribution < 1.29 is 0 Å². The van der Waals surface area contributed by atoms with Crippen LogP contribution in [0.2, 0.25) is 0 Å². The Morgan fingerprint density at radius 3 is 2.11 bits per heavy atom. The minimum Gasteiger partial charge on any atom is -0.304 e. The molecule has 0 rings (SSSR count). The minimum atomic E-state index is 1.35. The van der Waals surface area contributed by atoms with Crippen molar-refractivity contribution in [1.82, 2.24) is 5.01 Å². The zero-order valence-electron chi connectivity index (χ0n) is 6.33. The van der Waals surface area contributed by atoms with Crippen LogP contribution in [0.25, 0.3) is 0 Å². The number of hydrogen-bond donors (Lipinski definition) is 1. The molecule has 3 nitrogen and oxygen atoms in total. The van der Waals surface area contributed by atoms with E-state index in [-0.39, 0.29) is 0 Å². The second-order valence-corrected chi connectivity index (χ2v) is 1.11. The van der Waals surface area contributed by atoms with Gasteiger partial charge in [0.2, 0.25) is 0 Å². The molecule has 0 spiro atoms. The van der Waals surface area contributed by atoms with E-state index in [1.165, 1.54) is 17.5 Å². The van der Waals surface area contributed by atoms with E-state index in [4.69, 9.17) is 5.84 Å². The Kier molecular flexibility index (Phi) is 12.5. The van der Waals surface area contributed by atoms with Crippen LogP contribution < -0.4 is 5.84 Å². The highest BCUT2D eigenvalue weighted by Gasteiger charge is 1.68. The van der Waals surface area contributed by atoms with Crippen LogP contribution >= 0.6 is 0 Å². The van der Waals surface area contributed by atoms with Gasteiger partial charge in [0.25, 0.3) is 0 Å². The van der Waals surface area contributed by atoms with Crippen molar-refractivity contribution in [1.29, 1.82) is 0 Å². The Hall–Kier alpha value is -0.830. The predicted octanol–water partition coefficient (Wildman–Crippen LogP) is 0.990. The SMILES string of the molecule is C=CN=CN(C)N.CC. The lowest BCUT2D eigenvalue weighted by atomic mass is 11.0. The maximum Gasteiger partial charge on any atom is 0.104 e. The summed E-state index contributed by atoms with van der Waals surface area (Å²) in [5, 5.41) is 1.35. The predicted molar refractivity (Wildman–Crippen MR) is 42.0 cm³/mol. The van der Waals surface area contributed by atoms with Crippen LogP contribution in [0.1, 0.15) is 13.8 Å². The quantitative estimate of drug-likeness (QED) is 0.261. The molecule has 0 saturated heterocycles. The molecule has 0 radical (unpaired) electrons. The molecule has 0 aliphatic rings. The van der Waals surface area contributed by atoms with Crippen molar-refractivity contribution in [2.75, 3.05) is 7.05 Å². The van der Waals surface area contributed by atoms with E-state index in [0.717, 1.165) is 0 Å². The molecule has 0 aromatic rings. The molecule has 0 heterocycles. The van der Waals surface area contributed by atoms with Crippen LogP contribution in [0, 0.1) is 0 Å². The molecule has 0 unspecified atom stereocenters. The van der Waals surface area contributed by atoms with Crippen LogP contribution in [0.3, 0.4) is 0 Å². The van der Waals surface area contributed by atoms with Gasteiger partial charge in [0, 0.05) is 13.2 Å². The van der Waals surface area contributed by atoms with E-state index in [1.807, 2.05) is 13.8 Å². The number of rotatable bonds is 2. The molecule has 0 amide bonds.